The lowest BCUT2D eigenvalue weighted by molar-refractivity contribution is -0.885. The standard InChI is InChI=1S/C16H16ClF2N3O2S/c1-22(8-11-3-5-14(17)25-11)9-16(24)20-7-15(23)21-10-2-4-12(18)13(19)6-10/h2-6H,7-9H2,1H3,(H,20,24)(H,21,23)/p+1. The summed E-state index contributed by atoms with van der Waals surface area (Å²) in [5, 5.41) is 4.87. The molecule has 0 aliphatic rings. The number of halogens is 3. The van der Waals surface area contributed by atoms with Crippen molar-refractivity contribution in [3.8, 4) is 0 Å². The molecule has 0 radical (unpaired) electrons. The van der Waals surface area contributed by atoms with Crippen molar-refractivity contribution >= 4 is 40.4 Å². The molecule has 2 aromatic rings. The third-order valence-electron chi connectivity index (χ3n) is 3.22. The van der Waals surface area contributed by atoms with Gasteiger partial charge in [0.05, 0.1) is 22.8 Å². The first kappa shape index (κ1) is 19.3. The molecule has 1 heterocycles. The third-order valence-corrected chi connectivity index (χ3v) is 4.45. The summed E-state index contributed by atoms with van der Waals surface area (Å²) in [6.07, 6.45) is 0. The predicted molar refractivity (Wildman–Crippen MR) is 92.8 cm³/mol. The van der Waals surface area contributed by atoms with Gasteiger partial charge in [-0.3, -0.25) is 9.59 Å². The number of thiophene rings is 1. The lowest BCUT2D eigenvalue weighted by Crippen LogP contribution is -3.08. The van der Waals surface area contributed by atoms with Crippen LogP contribution in [-0.4, -0.2) is 32.0 Å². The van der Waals surface area contributed by atoms with E-state index < -0.39 is 17.5 Å². The van der Waals surface area contributed by atoms with Crippen LogP contribution in [0.3, 0.4) is 0 Å². The third kappa shape index (κ3) is 6.41. The van der Waals surface area contributed by atoms with Crippen LogP contribution in [0.2, 0.25) is 4.34 Å². The Bertz CT molecular complexity index is 770. The molecule has 134 valence electrons. The Morgan fingerprint density at radius 2 is 1.92 bits per heavy atom. The van der Waals surface area contributed by atoms with Crippen molar-refractivity contribution in [2.24, 2.45) is 0 Å². The van der Waals surface area contributed by atoms with Gasteiger partial charge in [0.25, 0.3) is 5.91 Å². The number of hydrogen-bond donors (Lipinski definition) is 3. The molecular formula is C16H17ClF2N3O2S+. The van der Waals surface area contributed by atoms with Crippen molar-refractivity contribution in [2.45, 2.75) is 6.54 Å². The molecule has 25 heavy (non-hydrogen) atoms. The molecule has 0 fully saturated rings. The molecule has 1 aromatic heterocycles. The van der Waals surface area contributed by atoms with E-state index in [1.54, 1.807) is 6.07 Å². The maximum Gasteiger partial charge on any atom is 0.275 e. The van der Waals surface area contributed by atoms with Crippen LogP contribution in [-0.2, 0) is 16.1 Å². The summed E-state index contributed by atoms with van der Waals surface area (Å²) in [5.41, 5.74) is 0.121. The monoisotopic (exact) mass is 388 g/mol. The van der Waals surface area contributed by atoms with Gasteiger partial charge in [0.15, 0.2) is 18.2 Å². The van der Waals surface area contributed by atoms with Crippen LogP contribution in [0.25, 0.3) is 0 Å². The number of amides is 2. The minimum atomic E-state index is -1.05. The second-order valence-corrected chi connectivity index (χ2v) is 7.27. The molecule has 1 unspecified atom stereocenters. The van der Waals surface area contributed by atoms with E-state index in [9.17, 15) is 18.4 Å². The topological polar surface area (TPSA) is 62.6 Å². The molecule has 0 bridgehead atoms. The minimum absolute atomic E-state index is 0.121. The van der Waals surface area contributed by atoms with Crippen LogP contribution < -0.4 is 15.5 Å². The van der Waals surface area contributed by atoms with E-state index in [4.69, 9.17) is 11.6 Å². The molecule has 5 nitrogen and oxygen atoms in total. The van der Waals surface area contributed by atoms with Gasteiger partial charge in [-0.15, -0.1) is 11.3 Å². The Hall–Kier alpha value is -2.03. The van der Waals surface area contributed by atoms with Gasteiger partial charge in [0.2, 0.25) is 5.91 Å². The van der Waals surface area contributed by atoms with Gasteiger partial charge in [-0.25, -0.2) is 8.78 Å². The van der Waals surface area contributed by atoms with E-state index in [0.717, 1.165) is 21.9 Å². The number of carbonyl (C=O) groups is 2. The van der Waals surface area contributed by atoms with Crippen LogP contribution in [0, 0.1) is 11.6 Å². The normalized spacial score (nSPS) is 11.8. The molecule has 0 aliphatic heterocycles. The van der Waals surface area contributed by atoms with E-state index in [1.165, 1.54) is 17.4 Å². The first-order valence-corrected chi connectivity index (χ1v) is 8.60. The summed E-state index contributed by atoms with van der Waals surface area (Å²) < 4.78 is 26.6. The average molecular weight is 389 g/mol. The molecule has 3 N–H and O–H groups in total. The van der Waals surface area contributed by atoms with Gasteiger partial charge in [0, 0.05) is 11.8 Å². The Morgan fingerprint density at radius 1 is 1.16 bits per heavy atom. The Balaban J connectivity index is 1.73. The van der Waals surface area contributed by atoms with Crippen molar-refractivity contribution in [1.82, 2.24) is 5.32 Å². The van der Waals surface area contributed by atoms with Gasteiger partial charge in [-0.2, -0.15) is 0 Å². The Kier molecular flexibility index (Phi) is 6.86. The summed E-state index contributed by atoms with van der Waals surface area (Å²) in [5.74, 6) is -2.87. The molecule has 0 saturated heterocycles. The Labute approximate surface area is 152 Å². The molecule has 0 spiro atoms. The van der Waals surface area contributed by atoms with E-state index in [1.807, 2.05) is 13.1 Å². The predicted octanol–water partition coefficient (Wildman–Crippen LogP) is 1.45. The molecule has 1 atom stereocenters. The van der Waals surface area contributed by atoms with Crippen LogP contribution in [0.1, 0.15) is 4.88 Å². The van der Waals surface area contributed by atoms with Gasteiger partial charge in [0.1, 0.15) is 6.54 Å². The number of anilines is 1. The van der Waals surface area contributed by atoms with Crippen molar-refractivity contribution in [2.75, 3.05) is 25.5 Å². The SMILES string of the molecule is C[NH+](CC(=O)NCC(=O)Nc1ccc(F)c(F)c1)Cc1ccc(Cl)s1. The van der Waals surface area contributed by atoms with Crippen molar-refractivity contribution in [3.63, 3.8) is 0 Å². The Morgan fingerprint density at radius 3 is 2.56 bits per heavy atom. The summed E-state index contributed by atoms with van der Waals surface area (Å²) in [6.45, 7) is 0.579. The fraction of sp³-hybridized carbons (Fsp3) is 0.250. The van der Waals surface area contributed by atoms with Gasteiger partial charge in [-0.1, -0.05) is 11.6 Å². The van der Waals surface area contributed by atoms with E-state index in [2.05, 4.69) is 10.6 Å². The molecule has 2 rings (SSSR count). The van der Waals surface area contributed by atoms with Gasteiger partial charge in [-0.05, 0) is 24.3 Å². The van der Waals surface area contributed by atoms with Crippen molar-refractivity contribution in [1.29, 1.82) is 0 Å². The zero-order valence-corrected chi connectivity index (χ0v) is 14.9. The minimum Gasteiger partial charge on any atom is -0.342 e. The zero-order chi connectivity index (χ0) is 18.4. The fourth-order valence-electron chi connectivity index (χ4n) is 2.10. The molecule has 1 aromatic carbocycles. The number of rotatable bonds is 7. The molecule has 9 heteroatoms. The fourth-order valence-corrected chi connectivity index (χ4v) is 3.30. The number of nitrogens with one attached hydrogen (secondary N) is 3. The molecule has 2 amide bonds. The quantitative estimate of drug-likeness (QED) is 0.672. The highest BCUT2D eigenvalue weighted by Gasteiger charge is 2.13. The van der Waals surface area contributed by atoms with E-state index in [-0.39, 0.29) is 24.7 Å². The first-order valence-electron chi connectivity index (χ1n) is 7.40. The first-order chi connectivity index (χ1) is 11.8. The average Bonchev–Trinajstić information content (AvgIpc) is 2.94. The number of benzene rings is 1. The summed E-state index contributed by atoms with van der Waals surface area (Å²) in [4.78, 5) is 25.6. The van der Waals surface area contributed by atoms with Crippen LogP contribution in [0.4, 0.5) is 14.5 Å². The summed E-state index contributed by atoms with van der Waals surface area (Å²) in [7, 11) is 1.86. The van der Waals surface area contributed by atoms with Crippen LogP contribution in [0.5, 0.6) is 0 Å². The van der Waals surface area contributed by atoms with Gasteiger partial charge < -0.3 is 15.5 Å². The van der Waals surface area contributed by atoms with Crippen LogP contribution >= 0.6 is 22.9 Å². The van der Waals surface area contributed by atoms with Crippen molar-refractivity contribution < 1.29 is 23.3 Å². The zero-order valence-electron chi connectivity index (χ0n) is 13.4. The largest absolute Gasteiger partial charge is 0.342 e. The second-order valence-electron chi connectivity index (χ2n) is 5.47. The van der Waals surface area contributed by atoms with E-state index in [0.29, 0.717) is 10.9 Å². The maximum absolute atomic E-state index is 13.1. The van der Waals surface area contributed by atoms with E-state index >= 15 is 0 Å². The number of quaternary nitrogens is 1. The van der Waals surface area contributed by atoms with Gasteiger partial charge >= 0.3 is 0 Å². The maximum atomic E-state index is 13.1. The highest BCUT2D eigenvalue weighted by Crippen LogP contribution is 2.20. The summed E-state index contributed by atoms with van der Waals surface area (Å²) >= 11 is 7.32. The highest BCUT2D eigenvalue weighted by molar-refractivity contribution is 7.16. The molecule has 0 saturated carbocycles. The number of likely N-dealkylation sites (N-methyl/N-ethyl adjacent to an activating group) is 1. The van der Waals surface area contributed by atoms with Crippen molar-refractivity contribution in [3.05, 3.63) is 51.2 Å². The highest BCUT2D eigenvalue weighted by atomic mass is 35.5. The lowest BCUT2D eigenvalue weighted by atomic mass is 10.3. The lowest BCUT2D eigenvalue weighted by Gasteiger charge is -2.13. The molecular weight excluding hydrogens is 372 g/mol. The number of hydrogen-bond acceptors (Lipinski definition) is 3. The molecule has 0 aliphatic carbocycles. The smallest absolute Gasteiger partial charge is 0.275 e. The van der Waals surface area contributed by atoms with Crippen LogP contribution in [0.15, 0.2) is 30.3 Å². The summed E-state index contributed by atoms with van der Waals surface area (Å²) in [6, 6.07) is 6.74. The number of carbonyl (C=O) groups excluding carboxylic acids is 2. The second kappa shape index (κ2) is 8.89.